The lowest BCUT2D eigenvalue weighted by Gasteiger charge is -2.17. The number of rotatable bonds is 7. The van der Waals surface area contributed by atoms with Gasteiger partial charge in [-0.3, -0.25) is 9.59 Å². The number of hydrogen-bond acceptors (Lipinski definition) is 3. The third-order valence-electron chi connectivity index (χ3n) is 5.39. The molecule has 0 aromatic heterocycles. The van der Waals surface area contributed by atoms with Gasteiger partial charge in [-0.25, -0.2) is 13.2 Å². The number of carboxylic acids is 1. The van der Waals surface area contributed by atoms with Gasteiger partial charge in [0.2, 0.25) is 6.43 Å². The highest BCUT2D eigenvalue weighted by Gasteiger charge is 2.38. The van der Waals surface area contributed by atoms with Crippen LogP contribution < -0.4 is 9.64 Å². The number of halogens is 5. The molecule has 0 unspecified atom stereocenters. The molecule has 0 fully saturated rings. The summed E-state index contributed by atoms with van der Waals surface area (Å²) < 4.78 is 72.7. The van der Waals surface area contributed by atoms with Gasteiger partial charge in [0.1, 0.15) is 11.6 Å². The first-order valence-electron chi connectivity index (χ1n) is 9.78. The van der Waals surface area contributed by atoms with Crippen molar-refractivity contribution >= 4 is 28.3 Å². The van der Waals surface area contributed by atoms with Crippen LogP contribution in [-0.4, -0.2) is 30.0 Å². The van der Waals surface area contributed by atoms with Crippen LogP contribution in [0, 0.1) is 5.82 Å². The standard InChI is InChI=1S/C23H16F5NO4/c24-16-7-11(8-19(30)31)5-6-17(16)29-10-15-14(9-18(25)26)12-3-1-2-4-13(12)21(33-23(27)28)20(15)22(29)32/h1-7,18,23H,8-10H2,(H,30,31). The second kappa shape index (κ2) is 8.68. The Morgan fingerprint density at radius 1 is 1.09 bits per heavy atom. The number of carbonyl (C=O) groups excluding carboxylic acids is 1. The largest absolute Gasteiger partial charge is 0.481 e. The highest BCUT2D eigenvalue weighted by atomic mass is 19.3. The summed E-state index contributed by atoms with van der Waals surface area (Å²) in [6, 6.07) is 9.36. The Hall–Kier alpha value is -3.69. The van der Waals surface area contributed by atoms with E-state index in [9.17, 15) is 31.5 Å². The molecule has 10 heteroatoms. The molecule has 1 aliphatic rings. The van der Waals surface area contributed by atoms with Crippen molar-refractivity contribution in [2.24, 2.45) is 0 Å². The molecule has 4 rings (SSSR count). The van der Waals surface area contributed by atoms with Gasteiger partial charge in [-0.15, -0.1) is 0 Å². The maximum Gasteiger partial charge on any atom is 0.387 e. The van der Waals surface area contributed by atoms with Crippen LogP contribution >= 0.6 is 0 Å². The summed E-state index contributed by atoms with van der Waals surface area (Å²) >= 11 is 0. The Kier molecular flexibility index (Phi) is 5.92. The first-order chi connectivity index (χ1) is 15.7. The van der Waals surface area contributed by atoms with Crippen molar-refractivity contribution in [3.63, 3.8) is 0 Å². The summed E-state index contributed by atoms with van der Waals surface area (Å²) in [6.45, 7) is -3.62. The van der Waals surface area contributed by atoms with Crippen LogP contribution in [0.25, 0.3) is 10.8 Å². The first kappa shape index (κ1) is 22.5. The molecule has 5 nitrogen and oxygen atoms in total. The molecule has 1 heterocycles. The van der Waals surface area contributed by atoms with E-state index < -0.39 is 49.3 Å². The van der Waals surface area contributed by atoms with Crippen LogP contribution in [0.1, 0.15) is 27.0 Å². The minimum absolute atomic E-state index is 0.0589. The quantitative estimate of drug-likeness (QED) is 0.489. The zero-order valence-corrected chi connectivity index (χ0v) is 16.8. The molecule has 0 radical (unpaired) electrons. The van der Waals surface area contributed by atoms with Crippen LogP contribution in [0.5, 0.6) is 5.75 Å². The van der Waals surface area contributed by atoms with E-state index in [0.29, 0.717) is 0 Å². The van der Waals surface area contributed by atoms with Crippen molar-refractivity contribution in [2.45, 2.75) is 32.4 Å². The number of fused-ring (bicyclic) bond motifs is 2. The van der Waals surface area contributed by atoms with Crippen LogP contribution in [0.2, 0.25) is 0 Å². The minimum Gasteiger partial charge on any atom is -0.481 e. The van der Waals surface area contributed by atoms with Gasteiger partial charge < -0.3 is 14.7 Å². The number of carbonyl (C=O) groups is 2. The SMILES string of the molecule is O=C(O)Cc1ccc(N2Cc3c(c(OC(F)F)c4ccccc4c3CC(F)F)C2=O)c(F)c1. The van der Waals surface area contributed by atoms with Crippen molar-refractivity contribution in [1.82, 2.24) is 0 Å². The van der Waals surface area contributed by atoms with E-state index in [2.05, 4.69) is 4.74 Å². The molecule has 3 aromatic carbocycles. The highest BCUT2D eigenvalue weighted by Crippen LogP contribution is 2.44. The Labute approximate surface area is 184 Å². The van der Waals surface area contributed by atoms with Crippen molar-refractivity contribution in [3.8, 4) is 5.75 Å². The van der Waals surface area contributed by atoms with Gasteiger partial charge in [-0.05, 0) is 34.2 Å². The fourth-order valence-electron chi connectivity index (χ4n) is 4.14. The van der Waals surface area contributed by atoms with Crippen molar-refractivity contribution in [1.29, 1.82) is 0 Å². The molecule has 1 N–H and O–H groups in total. The Morgan fingerprint density at radius 3 is 2.39 bits per heavy atom. The summed E-state index contributed by atoms with van der Waals surface area (Å²) in [5, 5.41) is 9.18. The number of anilines is 1. The second-order valence-electron chi connectivity index (χ2n) is 7.43. The lowest BCUT2D eigenvalue weighted by atomic mass is 9.92. The number of alkyl halides is 4. The molecule has 0 saturated carbocycles. The number of carboxylic acid groups (broad SMARTS) is 1. The number of hydrogen-bond donors (Lipinski definition) is 1. The lowest BCUT2D eigenvalue weighted by molar-refractivity contribution is -0.136. The maximum atomic E-state index is 14.8. The molecule has 1 aliphatic heterocycles. The molecular weight excluding hydrogens is 449 g/mol. The van der Waals surface area contributed by atoms with Gasteiger partial charge in [0.25, 0.3) is 5.91 Å². The average Bonchev–Trinajstić information content (AvgIpc) is 3.06. The monoisotopic (exact) mass is 465 g/mol. The molecule has 33 heavy (non-hydrogen) atoms. The van der Waals surface area contributed by atoms with Gasteiger partial charge in [0.05, 0.1) is 24.2 Å². The van der Waals surface area contributed by atoms with E-state index in [1.807, 2.05) is 0 Å². The Morgan fingerprint density at radius 2 is 1.79 bits per heavy atom. The van der Waals surface area contributed by atoms with Crippen molar-refractivity contribution in [3.05, 3.63) is 70.5 Å². The molecule has 0 atom stereocenters. The molecule has 172 valence electrons. The summed E-state index contributed by atoms with van der Waals surface area (Å²) in [5.74, 6) is -3.43. The molecule has 0 saturated heterocycles. The number of nitrogens with zero attached hydrogens (tertiary/aromatic N) is 1. The smallest absolute Gasteiger partial charge is 0.387 e. The third kappa shape index (κ3) is 4.20. The van der Waals surface area contributed by atoms with Crippen LogP contribution in [0.15, 0.2) is 42.5 Å². The van der Waals surface area contributed by atoms with E-state index in [0.717, 1.165) is 11.0 Å². The number of aliphatic carboxylic acids is 1. The zero-order chi connectivity index (χ0) is 23.9. The summed E-state index contributed by atoms with van der Waals surface area (Å²) in [4.78, 5) is 25.1. The van der Waals surface area contributed by atoms with E-state index in [1.54, 1.807) is 6.07 Å². The maximum absolute atomic E-state index is 14.8. The number of ether oxygens (including phenoxy) is 1. The molecule has 0 spiro atoms. The first-order valence-corrected chi connectivity index (χ1v) is 9.78. The molecule has 1 amide bonds. The van der Waals surface area contributed by atoms with Crippen LogP contribution in [-0.2, 0) is 24.2 Å². The zero-order valence-electron chi connectivity index (χ0n) is 16.8. The summed E-state index contributed by atoms with van der Waals surface area (Å²) in [7, 11) is 0. The minimum atomic E-state index is -3.28. The average molecular weight is 465 g/mol. The van der Waals surface area contributed by atoms with E-state index >= 15 is 0 Å². The van der Waals surface area contributed by atoms with Gasteiger partial charge >= 0.3 is 12.6 Å². The van der Waals surface area contributed by atoms with Crippen molar-refractivity contribution < 1.29 is 41.4 Å². The van der Waals surface area contributed by atoms with Gasteiger partial charge in [0, 0.05) is 11.8 Å². The molecule has 0 bridgehead atoms. The molecule has 0 aliphatic carbocycles. The van der Waals surface area contributed by atoms with Gasteiger partial charge in [-0.2, -0.15) is 8.78 Å². The predicted octanol–water partition coefficient (Wildman–Crippen LogP) is 5.18. The number of benzene rings is 3. The van der Waals surface area contributed by atoms with E-state index in [1.165, 1.54) is 30.3 Å². The van der Waals surface area contributed by atoms with E-state index in [4.69, 9.17) is 5.11 Å². The normalized spacial score (nSPS) is 13.3. The summed E-state index contributed by atoms with van der Waals surface area (Å²) in [5.41, 5.74) is -0.252. The van der Waals surface area contributed by atoms with Crippen LogP contribution in [0.4, 0.5) is 27.6 Å². The molecule has 3 aromatic rings. The second-order valence-corrected chi connectivity index (χ2v) is 7.43. The highest BCUT2D eigenvalue weighted by molar-refractivity contribution is 6.16. The fraction of sp³-hybridized carbons (Fsp3) is 0.217. The van der Waals surface area contributed by atoms with Crippen molar-refractivity contribution in [2.75, 3.05) is 4.90 Å². The lowest BCUT2D eigenvalue weighted by Crippen LogP contribution is -2.24. The fourth-order valence-corrected chi connectivity index (χ4v) is 4.14. The van der Waals surface area contributed by atoms with E-state index in [-0.39, 0.29) is 45.3 Å². The third-order valence-corrected chi connectivity index (χ3v) is 5.39. The number of amides is 1. The topological polar surface area (TPSA) is 66.8 Å². The van der Waals surface area contributed by atoms with Gasteiger partial charge in [0.15, 0.2) is 0 Å². The Balaban J connectivity index is 1.89. The summed E-state index contributed by atoms with van der Waals surface area (Å²) in [6.07, 6.45) is -3.96. The predicted molar refractivity (Wildman–Crippen MR) is 109 cm³/mol. The van der Waals surface area contributed by atoms with Gasteiger partial charge in [-0.1, -0.05) is 30.3 Å². The molecular formula is C23H16F5NO4. The Bertz CT molecular complexity index is 1260. The van der Waals surface area contributed by atoms with Crippen LogP contribution in [0.3, 0.4) is 0 Å².